The maximum absolute atomic E-state index is 13.7. The van der Waals surface area contributed by atoms with Crippen molar-refractivity contribution in [3.8, 4) is 0 Å². The van der Waals surface area contributed by atoms with E-state index in [2.05, 4.69) is 34.3 Å². The molecule has 0 saturated carbocycles. The quantitative estimate of drug-likeness (QED) is 0.411. The van der Waals surface area contributed by atoms with E-state index in [1.54, 1.807) is 18.2 Å². The van der Waals surface area contributed by atoms with Gasteiger partial charge in [0, 0.05) is 12.5 Å². The Morgan fingerprint density at radius 3 is 2.10 bits per heavy atom. The Kier molecular flexibility index (Phi) is 8.77. The molecule has 2 atom stereocenters. The van der Waals surface area contributed by atoms with Gasteiger partial charge < -0.3 is 0 Å². The summed E-state index contributed by atoms with van der Waals surface area (Å²) in [6.45, 7) is 15.4. The number of hydrogen-bond acceptors (Lipinski definition) is 0. The Hall–Kier alpha value is -0.920. The fourth-order valence-electron chi connectivity index (χ4n) is 2.37. The van der Waals surface area contributed by atoms with Gasteiger partial charge in [0.05, 0.1) is 0 Å². The lowest BCUT2D eigenvalue weighted by Crippen LogP contribution is -2.15. The van der Waals surface area contributed by atoms with Crippen molar-refractivity contribution >= 4 is 0 Å². The second-order valence-corrected chi connectivity index (χ2v) is 6.37. The zero-order valence-electron chi connectivity index (χ0n) is 14.5. The maximum atomic E-state index is 13.7. The van der Waals surface area contributed by atoms with Gasteiger partial charge in [-0.05, 0) is 48.7 Å². The van der Waals surface area contributed by atoms with Gasteiger partial charge in [0.15, 0.2) is 0 Å². The van der Waals surface area contributed by atoms with Crippen LogP contribution in [0.5, 0.6) is 0 Å². The van der Waals surface area contributed by atoms with Gasteiger partial charge in [-0.1, -0.05) is 53.3 Å². The predicted octanol–water partition coefficient (Wildman–Crippen LogP) is 6.80. The first kappa shape index (κ1) is 20.1. The number of halogens is 2. The highest BCUT2D eigenvalue weighted by atomic mass is 19.3. The molecule has 0 radical (unpaired) electrons. The molecule has 0 spiro atoms. The molecule has 122 valence electrons. The van der Waals surface area contributed by atoms with E-state index < -0.39 is 5.92 Å². The van der Waals surface area contributed by atoms with Crippen molar-refractivity contribution in [3.05, 3.63) is 36.0 Å². The highest BCUT2D eigenvalue weighted by Crippen LogP contribution is 2.32. The standard InChI is InChI=1S/C19H32F2/c1-8-11-18(19(7,20)21)13-17(10-3)16(9-2)12-15(6)14(4)5/h10-11,13-16H,3,8-9,12H2,1-2,4-7H3/b17-13+,18-11+. The van der Waals surface area contributed by atoms with E-state index in [9.17, 15) is 8.78 Å². The molecule has 21 heavy (non-hydrogen) atoms. The lowest BCUT2D eigenvalue weighted by Gasteiger charge is -2.24. The van der Waals surface area contributed by atoms with Crippen LogP contribution in [0.1, 0.15) is 60.8 Å². The van der Waals surface area contributed by atoms with Crippen LogP contribution in [-0.4, -0.2) is 5.92 Å². The van der Waals surface area contributed by atoms with E-state index in [0.717, 1.165) is 25.3 Å². The van der Waals surface area contributed by atoms with Crippen molar-refractivity contribution < 1.29 is 8.78 Å². The van der Waals surface area contributed by atoms with Crippen LogP contribution in [0.25, 0.3) is 0 Å². The molecule has 0 fully saturated rings. The first-order chi connectivity index (χ1) is 9.67. The van der Waals surface area contributed by atoms with Gasteiger partial charge >= 0.3 is 0 Å². The smallest absolute Gasteiger partial charge is 0.202 e. The highest BCUT2D eigenvalue weighted by molar-refractivity contribution is 5.34. The summed E-state index contributed by atoms with van der Waals surface area (Å²) in [4.78, 5) is 0. The zero-order chi connectivity index (χ0) is 16.6. The molecule has 0 amide bonds. The molecule has 0 aromatic heterocycles. The minimum absolute atomic E-state index is 0.107. The van der Waals surface area contributed by atoms with Crippen LogP contribution >= 0.6 is 0 Å². The van der Waals surface area contributed by atoms with Crippen LogP contribution in [0, 0.1) is 17.8 Å². The van der Waals surface area contributed by atoms with E-state index in [4.69, 9.17) is 0 Å². The summed E-state index contributed by atoms with van der Waals surface area (Å²) in [5, 5.41) is 0. The average Bonchev–Trinajstić information content (AvgIpc) is 2.39. The minimum atomic E-state index is -2.80. The van der Waals surface area contributed by atoms with Crippen molar-refractivity contribution in [2.75, 3.05) is 0 Å². The van der Waals surface area contributed by atoms with Crippen molar-refractivity contribution in [3.63, 3.8) is 0 Å². The van der Waals surface area contributed by atoms with E-state index in [0.29, 0.717) is 24.2 Å². The molecule has 0 saturated heterocycles. The number of hydrogen-bond donors (Lipinski definition) is 0. The van der Waals surface area contributed by atoms with Crippen molar-refractivity contribution in [1.82, 2.24) is 0 Å². The molecule has 0 aliphatic heterocycles. The monoisotopic (exact) mass is 298 g/mol. The third kappa shape index (κ3) is 7.06. The summed E-state index contributed by atoms with van der Waals surface area (Å²) in [5.41, 5.74) is 1.04. The summed E-state index contributed by atoms with van der Waals surface area (Å²) in [5.74, 6) is -1.34. The van der Waals surface area contributed by atoms with Crippen LogP contribution in [0.3, 0.4) is 0 Å². The Morgan fingerprint density at radius 2 is 1.76 bits per heavy atom. The summed E-state index contributed by atoms with van der Waals surface area (Å²) in [7, 11) is 0. The zero-order valence-corrected chi connectivity index (χ0v) is 14.5. The Balaban J connectivity index is 5.38. The van der Waals surface area contributed by atoms with Crippen molar-refractivity contribution in [1.29, 1.82) is 0 Å². The molecule has 0 aromatic rings. The van der Waals surface area contributed by atoms with Gasteiger partial charge in [-0.25, -0.2) is 8.78 Å². The molecule has 2 unspecified atom stereocenters. The molecule has 0 heterocycles. The SMILES string of the molecule is C=C/C(=C\C(=C/CC)C(C)(F)F)C(CC)CC(C)C(C)C. The van der Waals surface area contributed by atoms with Gasteiger partial charge in [-0.3, -0.25) is 0 Å². The lowest BCUT2D eigenvalue weighted by atomic mass is 9.82. The number of alkyl halides is 2. The molecule has 0 nitrogen and oxygen atoms in total. The van der Waals surface area contributed by atoms with Crippen LogP contribution in [-0.2, 0) is 0 Å². The van der Waals surface area contributed by atoms with Crippen LogP contribution in [0.2, 0.25) is 0 Å². The summed E-state index contributed by atoms with van der Waals surface area (Å²) < 4.78 is 27.4. The average molecular weight is 298 g/mol. The van der Waals surface area contributed by atoms with Gasteiger partial charge in [-0.15, -0.1) is 0 Å². The predicted molar refractivity (Wildman–Crippen MR) is 89.7 cm³/mol. The second kappa shape index (κ2) is 9.17. The van der Waals surface area contributed by atoms with Crippen molar-refractivity contribution in [2.24, 2.45) is 17.8 Å². The summed E-state index contributed by atoms with van der Waals surface area (Å²) >= 11 is 0. The Labute approximate surface area is 130 Å². The minimum Gasteiger partial charge on any atom is -0.202 e. The van der Waals surface area contributed by atoms with Gasteiger partial charge in [0.1, 0.15) is 0 Å². The van der Waals surface area contributed by atoms with Gasteiger partial charge in [0.25, 0.3) is 5.92 Å². The Bertz CT molecular complexity index is 370. The number of rotatable bonds is 9. The molecule has 2 heteroatoms. The fourth-order valence-corrected chi connectivity index (χ4v) is 2.37. The molecule has 0 aliphatic rings. The van der Waals surface area contributed by atoms with Gasteiger partial charge in [0.2, 0.25) is 0 Å². The third-order valence-corrected chi connectivity index (χ3v) is 4.25. The highest BCUT2D eigenvalue weighted by Gasteiger charge is 2.26. The molecule has 0 rings (SSSR count). The van der Waals surface area contributed by atoms with Gasteiger partial charge in [-0.2, -0.15) is 0 Å². The Morgan fingerprint density at radius 1 is 1.19 bits per heavy atom. The number of allylic oxidation sites excluding steroid dienone is 5. The first-order valence-corrected chi connectivity index (χ1v) is 8.09. The van der Waals surface area contributed by atoms with Crippen LogP contribution in [0.4, 0.5) is 8.78 Å². The summed E-state index contributed by atoms with van der Waals surface area (Å²) in [6, 6.07) is 0. The normalized spacial score (nSPS) is 17.0. The molecular formula is C19H32F2. The molecule has 0 aliphatic carbocycles. The van der Waals surface area contributed by atoms with E-state index in [-0.39, 0.29) is 5.57 Å². The van der Waals surface area contributed by atoms with Crippen LogP contribution in [0.15, 0.2) is 36.0 Å². The topological polar surface area (TPSA) is 0 Å². The first-order valence-electron chi connectivity index (χ1n) is 8.09. The molecular weight excluding hydrogens is 266 g/mol. The summed E-state index contributed by atoms with van der Waals surface area (Å²) in [6.07, 6.45) is 7.58. The molecule has 0 bridgehead atoms. The maximum Gasteiger partial charge on any atom is 0.270 e. The lowest BCUT2D eigenvalue weighted by molar-refractivity contribution is 0.0670. The third-order valence-electron chi connectivity index (χ3n) is 4.25. The fraction of sp³-hybridized carbons (Fsp3) is 0.684. The largest absolute Gasteiger partial charge is 0.270 e. The van der Waals surface area contributed by atoms with E-state index in [1.807, 2.05) is 6.92 Å². The second-order valence-electron chi connectivity index (χ2n) is 6.37. The van der Waals surface area contributed by atoms with E-state index >= 15 is 0 Å². The van der Waals surface area contributed by atoms with Crippen LogP contribution < -0.4 is 0 Å². The van der Waals surface area contributed by atoms with Crippen molar-refractivity contribution in [2.45, 2.75) is 66.7 Å². The molecule has 0 aromatic carbocycles. The molecule has 0 N–H and O–H groups in total. The van der Waals surface area contributed by atoms with E-state index in [1.165, 1.54) is 0 Å².